The van der Waals surface area contributed by atoms with Crippen molar-refractivity contribution in [3.8, 4) is 0 Å². The highest BCUT2D eigenvalue weighted by atomic mass is 35.5. The van der Waals surface area contributed by atoms with Crippen LogP contribution in [0, 0.1) is 5.82 Å². The molecule has 0 unspecified atom stereocenters. The molecule has 0 spiro atoms. The number of halogens is 2. The topological polar surface area (TPSA) is 55.1 Å². The zero-order valence-corrected chi connectivity index (χ0v) is 13.2. The van der Waals surface area contributed by atoms with Crippen LogP contribution >= 0.6 is 12.4 Å². The molecule has 1 aliphatic rings. The molecule has 1 aromatic rings. The molecule has 1 fully saturated rings. The summed E-state index contributed by atoms with van der Waals surface area (Å²) in [7, 11) is 0. The molecular weight excluding hydrogens is 291 g/mol. The molecule has 21 heavy (non-hydrogen) atoms. The lowest BCUT2D eigenvalue weighted by atomic mass is 9.69. The van der Waals surface area contributed by atoms with Crippen molar-refractivity contribution in [3.63, 3.8) is 0 Å². The molecule has 1 atom stereocenters. The predicted octanol–water partition coefficient (Wildman–Crippen LogP) is 2.91. The van der Waals surface area contributed by atoms with Crippen molar-refractivity contribution in [3.05, 3.63) is 35.6 Å². The van der Waals surface area contributed by atoms with Crippen LogP contribution < -0.4 is 11.1 Å². The zero-order valence-electron chi connectivity index (χ0n) is 12.4. The Bertz CT molecular complexity index is 473. The number of carbonyl (C=O) groups is 1. The number of hydrogen-bond donors (Lipinski definition) is 2. The van der Waals surface area contributed by atoms with Crippen molar-refractivity contribution >= 4 is 18.3 Å². The van der Waals surface area contributed by atoms with Crippen LogP contribution in [0.4, 0.5) is 4.39 Å². The summed E-state index contributed by atoms with van der Waals surface area (Å²) < 4.78 is 13.5. The van der Waals surface area contributed by atoms with Gasteiger partial charge in [0.05, 0.1) is 6.04 Å². The molecule has 3 nitrogen and oxygen atoms in total. The van der Waals surface area contributed by atoms with Crippen molar-refractivity contribution in [1.29, 1.82) is 0 Å². The minimum absolute atomic E-state index is 0. The van der Waals surface area contributed by atoms with E-state index in [1.54, 1.807) is 19.1 Å². The Morgan fingerprint density at radius 2 is 2.05 bits per heavy atom. The molecule has 2 rings (SSSR count). The lowest BCUT2D eigenvalue weighted by Gasteiger charge is -2.38. The van der Waals surface area contributed by atoms with E-state index in [2.05, 4.69) is 5.32 Å². The van der Waals surface area contributed by atoms with Crippen LogP contribution in [0.1, 0.15) is 44.6 Å². The second-order valence-electron chi connectivity index (χ2n) is 5.86. The summed E-state index contributed by atoms with van der Waals surface area (Å²) in [4.78, 5) is 11.7. The first-order valence-corrected chi connectivity index (χ1v) is 7.33. The second kappa shape index (κ2) is 7.76. The molecule has 0 aromatic heterocycles. The molecule has 1 saturated carbocycles. The Balaban J connectivity index is 0.00000220. The van der Waals surface area contributed by atoms with Crippen LogP contribution in [0.5, 0.6) is 0 Å². The van der Waals surface area contributed by atoms with Crippen molar-refractivity contribution in [2.75, 3.05) is 6.54 Å². The Morgan fingerprint density at radius 1 is 1.38 bits per heavy atom. The standard InChI is InChI=1S/C16H23FN2O.ClH/c1-12(18)15(20)19-11-16(8-3-2-4-9-16)13-6-5-7-14(17)10-13;/h5-7,10,12H,2-4,8-9,11,18H2,1H3,(H,19,20);1H/t12-;/m0./s1. The maximum absolute atomic E-state index is 13.5. The van der Waals surface area contributed by atoms with Gasteiger partial charge in [0.1, 0.15) is 5.82 Å². The van der Waals surface area contributed by atoms with E-state index in [9.17, 15) is 9.18 Å². The Labute approximate surface area is 131 Å². The largest absolute Gasteiger partial charge is 0.354 e. The van der Waals surface area contributed by atoms with Crippen molar-refractivity contribution < 1.29 is 9.18 Å². The van der Waals surface area contributed by atoms with Gasteiger partial charge in [-0.15, -0.1) is 12.4 Å². The maximum atomic E-state index is 13.5. The van der Waals surface area contributed by atoms with E-state index < -0.39 is 6.04 Å². The molecule has 5 heteroatoms. The molecule has 118 valence electrons. The van der Waals surface area contributed by atoms with E-state index in [1.807, 2.05) is 6.07 Å². The smallest absolute Gasteiger partial charge is 0.236 e. The van der Waals surface area contributed by atoms with E-state index in [1.165, 1.54) is 12.5 Å². The minimum Gasteiger partial charge on any atom is -0.354 e. The Morgan fingerprint density at radius 3 is 2.62 bits per heavy atom. The number of benzene rings is 1. The molecule has 1 aliphatic carbocycles. The van der Waals surface area contributed by atoms with Crippen LogP contribution in [0.15, 0.2) is 24.3 Å². The van der Waals surface area contributed by atoms with Gasteiger partial charge in [-0.1, -0.05) is 31.4 Å². The van der Waals surface area contributed by atoms with Crippen LogP contribution in [-0.4, -0.2) is 18.5 Å². The summed E-state index contributed by atoms with van der Waals surface area (Å²) in [5, 5.41) is 2.92. The van der Waals surface area contributed by atoms with E-state index in [0.29, 0.717) is 6.54 Å². The van der Waals surface area contributed by atoms with Crippen molar-refractivity contribution in [2.24, 2.45) is 5.73 Å². The van der Waals surface area contributed by atoms with Gasteiger partial charge in [0, 0.05) is 12.0 Å². The highest BCUT2D eigenvalue weighted by molar-refractivity contribution is 5.85. The van der Waals surface area contributed by atoms with Gasteiger partial charge in [0.15, 0.2) is 0 Å². The average Bonchev–Trinajstić information content (AvgIpc) is 2.45. The number of carbonyl (C=O) groups excluding carboxylic acids is 1. The van der Waals surface area contributed by atoms with Crippen molar-refractivity contribution in [2.45, 2.75) is 50.5 Å². The highest BCUT2D eigenvalue weighted by Crippen LogP contribution is 2.39. The van der Waals surface area contributed by atoms with Gasteiger partial charge < -0.3 is 11.1 Å². The van der Waals surface area contributed by atoms with Crippen LogP contribution in [-0.2, 0) is 10.2 Å². The summed E-state index contributed by atoms with van der Waals surface area (Å²) in [6.07, 6.45) is 5.40. The Kier molecular flexibility index (Phi) is 6.62. The lowest BCUT2D eigenvalue weighted by molar-refractivity contribution is -0.122. The number of nitrogens with two attached hydrogens (primary N) is 1. The summed E-state index contributed by atoms with van der Waals surface area (Å²) in [6.45, 7) is 2.21. The molecule has 0 radical (unpaired) electrons. The fraction of sp³-hybridized carbons (Fsp3) is 0.562. The first-order chi connectivity index (χ1) is 9.53. The summed E-state index contributed by atoms with van der Waals surface area (Å²) in [5.74, 6) is -0.364. The first kappa shape index (κ1) is 17.9. The lowest BCUT2D eigenvalue weighted by Crippen LogP contribution is -2.46. The van der Waals surface area contributed by atoms with Gasteiger partial charge in [-0.2, -0.15) is 0 Å². The molecule has 0 heterocycles. The zero-order chi connectivity index (χ0) is 14.6. The predicted molar refractivity (Wildman–Crippen MR) is 85.1 cm³/mol. The fourth-order valence-electron chi connectivity index (χ4n) is 3.03. The number of amides is 1. The van der Waals surface area contributed by atoms with Gasteiger partial charge in [0.25, 0.3) is 0 Å². The number of rotatable bonds is 4. The SMILES string of the molecule is C[C@H](N)C(=O)NCC1(c2cccc(F)c2)CCCCC1.Cl. The molecule has 1 amide bonds. The third-order valence-corrected chi connectivity index (χ3v) is 4.26. The molecular formula is C16H24ClFN2O. The molecule has 3 N–H and O–H groups in total. The number of hydrogen-bond acceptors (Lipinski definition) is 2. The quantitative estimate of drug-likeness (QED) is 0.898. The van der Waals surface area contributed by atoms with Gasteiger partial charge in [-0.25, -0.2) is 4.39 Å². The Hall–Kier alpha value is -1.13. The molecule has 0 saturated heterocycles. The third kappa shape index (κ3) is 4.42. The van der Waals surface area contributed by atoms with Crippen LogP contribution in [0.25, 0.3) is 0 Å². The summed E-state index contributed by atoms with van der Waals surface area (Å²) >= 11 is 0. The third-order valence-electron chi connectivity index (χ3n) is 4.26. The molecule has 1 aromatic carbocycles. The average molecular weight is 315 g/mol. The van der Waals surface area contributed by atoms with Crippen molar-refractivity contribution in [1.82, 2.24) is 5.32 Å². The first-order valence-electron chi connectivity index (χ1n) is 7.33. The highest BCUT2D eigenvalue weighted by Gasteiger charge is 2.34. The molecule has 0 aliphatic heterocycles. The number of nitrogens with one attached hydrogen (secondary N) is 1. The van der Waals surface area contributed by atoms with Gasteiger partial charge in [-0.05, 0) is 37.5 Å². The fourth-order valence-corrected chi connectivity index (χ4v) is 3.03. The van der Waals surface area contributed by atoms with Gasteiger partial charge in [-0.3, -0.25) is 4.79 Å². The minimum atomic E-state index is -0.511. The summed E-state index contributed by atoms with van der Waals surface area (Å²) in [5.41, 5.74) is 6.43. The van der Waals surface area contributed by atoms with E-state index in [0.717, 1.165) is 31.2 Å². The van der Waals surface area contributed by atoms with E-state index in [4.69, 9.17) is 5.73 Å². The molecule has 0 bridgehead atoms. The maximum Gasteiger partial charge on any atom is 0.236 e. The van der Waals surface area contributed by atoms with Crippen LogP contribution in [0.2, 0.25) is 0 Å². The monoisotopic (exact) mass is 314 g/mol. The summed E-state index contributed by atoms with van der Waals surface area (Å²) in [6, 6.07) is 6.26. The second-order valence-corrected chi connectivity index (χ2v) is 5.86. The van der Waals surface area contributed by atoms with E-state index in [-0.39, 0.29) is 29.5 Å². The van der Waals surface area contributed by atoms with Gasteiger partial charge in [0.2, 0.25) is 5.91 Å². The van der Waals surface area contributed by atoms with E-state index >= 15 is 0 Å². The normalized spacial score (nSPS) is 18.4. The van der Waals surface area contributed by atoms with Crippen LogP contribution in [0.3, 0.4) is 0 Å². The van der Waals surface area contributed by atoms with Gasteiger partial charge >= 0.3 is 0 Å².